The number of carbonyl (C=O) groups excluding carboxylic acids is 2. The summed E-state index contributed by atoms with van der Waals surface area (Å²) >= 11 is 6.11. The number of halogens is 7. The van der Waals surface area contributed by atoms with Crippen molar-refractivity contribution in [2.24, 2.45) is 7.05 Å². The molecule has 0 spiro atoms. The molecule has 7 nitrogen and oxygen atoms in total. The van der Waals surface area contributed by atoms with Crippen LogP contribution in [0.3, 0.4) is 0 Å². The average molecular weight is 512 g/mol. The van der Waals surface area contributed by atoms with Gasteiger partial charge in [0.05, 0.1) is 16.1 Å². The smallest absolute Gasteiger partial charge is 0.345 e. The van der Waals surface area contributed by atoms with Crippen LogP contribution in [-0.4, -0.2) is 47.8 Å². The summed E-state index contributed by atoms with van der Waals surface area (Å²) in [5.41, 5.74) is -6.24. The monoisotopic (exact) mass is 511 g/mol. The van der Waals surface area contributed by atoms with E-state index < -0.39 is 46.7 Å². The Morgan fingerprint density at radius 2 is 1.79 bits per heavy atom. The zero-order valence-electron chi connectivity index (χ0n) is 18.2. The van der Waals surface area contributed by atoms with Crippen molar-refractivity contribution in [3.8, 4) is 0 Å². The molecule has 1 fully saturated rings. The molecule has 1 saturated carbocycles. The van der Waals surface area contributed by atoms with Crippen LogP contribution in [0.2, 0.25) is 5.02 Å². The second-order valence-corrected chi connectivity index (χ2v) is 8.39. The van der Waals surface area contributed by atoms with E-state index in [9.17, 15) is 35.9 Å². The molecule has 0 atom stereocenters. The molecule has 2 N–H and O–H groups in total. The molecule has 1 heterocycles. The van der Waals surface area contributed by atoms with Crippen LogP contribution in [0.15, 0.2) is 18.2 Å². The van der Waals surface area contributed by atoms with Crippen LogP contribution >= 0.6 is 11.6 Å². The Labute approximate surface area is 195 Å². The number of likely N-dealkylation sites (N-methyl/N-ethyl adjacent to an activating group) is 1. The lowest BCUT2D eigenvalue weighted by molar-refractivity contribution is -0.164. The maximum absolute atomic E-state index is 13.5. The molecule has 14 heteroatoms. The Kier molecular flexibility index (Phi) is 6.66. The van der Waals surface area contributed by atoms with Gasteiger partial charge in [-0.15, -0.1) is 0 Å². The highest BCUT2D eigenvalue weighted by Crippen LogP contribution is 2.42. The van der Waals surface area contributed by atoms with E-state index >= 15 is 0 Å². The van der Waals surface area contributed by atoms with Crippen molar-refractivity contribution in [3.63, 3.8) is 0 Å². The first kappa shape index (κ1) is 25.8. The zero-order chi connectivity index (χ0) is 25.6. The lowest BCUT2D eigenvalue weighted by Gasteiger charge is -2.21. The van der Waals surface area contributed by atoms with Gasteiger partial charge in [-0.05, 0) is 38.1 Å². The largest absolute Gasteiger partial charge is 0.435 e. The van der Waals surface area contributed by atoms with Gasteiger partial charge in [0.2, 0.25) is 0 Å². The predicted molar refractivity (Wildman–Crippen MR) is 111 cm³/mol. The van der Waals surface area contributed by atoms with Gasteiger partial charge in [0.15, 0.2) is 5.69 Å². The fourth-order valence-electron chi connectivity index (χ4n) is 3.55. The van der Waals surface area contributed by atoms with Crippen LogP contribution in [-0.2, 0) is 19.4 Å². The maximum atomic E-state index is 13.5. The second-order valence-electron chi connectivity index (χ2n) is 7.98. The minimum Gasteiger partial charge on any atom is -0.345 e. The van der Waals surface area contributed by atoms with Gasteiger partial charge in [-0.2, -0.15) is 31.4 Å². The van der Waals surface area contributed by atoms with Gasteiger partial charge in [-0.1, -0.05) is 11.6 Å². The van der Waals surface area contributed by atoms with Crippen molar-refractivity contribution < 1.29 is 35.9 Å². The Morgan fingerprint density at radius 1 is 1.18 bits per heavy atom. The minimum absolute atomic E-state index is 0.0261. The normalized spacial score (nSPS) is 15.2. The molecule has 34 heavy (non-hydrogen) atoms. The molecule has 0 radical (unpaired) electrons. The van der Waals surface area contributed by atoms with Crippen molar-refractivity contribution >= 4 is 29.1 Å². The van der Waals surface area contributed by atoms with Gasteiger partial charge in [0.1, 0.15) is 11.3 Å². The number of amides is 2. The zero-order valence-corrected chi connectivity index (χ0v) is 18.9. The first-order valence-corrected chi connectivity index (χ1v) is 10.3. The van der Waals surface area contributed by atoms with Gasteiger partial charge in [-0.25, -0.2) is 0 Å². The number of aryl methyl sites for hydroxylation is 1. The van der Waals surface area contributed by atoms with Crippen molar-refractivity contribution in [1.82, 2.24) is 20.4 Å². The minimum atomic E-state index is -5.50. The van der Waals surface area contributed by atoms with E-state index in [-0.39, 0.29) is 21.0 Å². The van der Waals surface area contributed by atoms with Gasteiger partial charge in [0, 0.05) is 26.3 Å². The number of rotatable bonds is 6. The fourth-order valence-corrected chi connectivity index (χ4v) is 3.76. The molecule has 1 aromatic carbocycles. The van der Waals surface area contributed by atoms with Crippen molar-refractivity contribution in [3.05, 3.63) is 45.7 Å². The molecular formula is C20H20ClF6N5O2. The van der Waals surface area contributed by atoms with Crippen molar-refractivity contribution in [2.75, 3.05) is 25.5 Å². The summed E-state index contributed by atoms with van der Waals surface area (Å²) in [4.78, 5) is 26.4. The SMILES string of the molecule is CNCC1(NC(=O)c2cc(N(C)C(=O)c3c(C(F)(F)F)c(C(F)(F)F)nn3C)ccc2Cl)CC1. The van der Waals surface area contributed by atoms with E-state index in [1.165, 1.54) is 18.2 Å². The third-order valence-corrected chi connectivity index (χ3v) is 5.77. The molecule has 186 valence electrons. The Balaban J connectivity index is 1.98. The third kappa shape index (κ3) is 4.99. The van der Waals surface area contributed by atoms with Crippen LogP contribution in [0.5, 0.6) is 0 Å². The molecule has 1 aliphatic carbocycles. The number of nitrogens with one attached hydrogen (secondary N) is 2. The second kappa shape index (κ2) is 8.77. The summed E-state index contributed by atoms with van der Waals surface area (Å²) in [5, 5.41) is 8.72. The molecule has 1 aromatic heterocycles. The molecule has 2 amide bonds. The van der Waals surface area contributed by atoms with E-state index in [4.69, 9.17) is 11.6 Å². The first-order valence-electron chi connectivity index (χ1n) is 9.87. The standard InChI is InChI=1S/C20H20ClF6N5O2/c1-28-9-18(6-7-18)29-16(33)11-8-10(4-5-12(11)21)31(2)17(34)14-13(19(22,23)24)15(20(25,26)27)30-32(14)3/h4-5,8,28H,6-7,9H2,1-3H3,(H,29,33). The van der Waals surface area contributed by atoms with Crippen LogP contribution in [0.25, 0.3) is 0 Å². The topological polar surface area (TPSA) is 79.3 Å². The summed E-state index contributed by atoms with van der Waals surface area (Å²) in [6, 6.07) is 3.70. The molecule has 0 bridgehead atoms. The predicted octanol–water partition coefficient (Wildman–Crippen LogP) is 3.87. The number of nitrogens with zero attached hydrogens (tertiary/aromatic N) is 3. The van der Waals surface area contributed by atoms with E-state index in [0.717, 1.165) is 26.9 Å². The highest BCUT2D eigenvalue weighted by atomic mass is 35.5. The quantitative estimate of drug-likeness (QED) is 0.577. The molecule has 0 aliphatic heterocycles. The Hall–Kier alpha value is -2.80. The van der Waals surface area contributed by atoms with Crippen LogP contribution in [0, 0.1) is 0 Å². The van der Waals surface area contributed by atoms with Gasteiger partial charge in [0.25, 0.3) is 11.8 Å². The molecule has 0 saturated heterocycles. The van der Waals surface area contributed by atoms with Crippen LogP contribution in [0.1, 0.15) is 44.9 Å². The fraction of sp³-hybridized carbons (Fsp3) is 0.450. The molecule has 2 aromatic rings. The summed E-state index contributed by atoms with van der Waals surface area (Å²) in [5.74, 6) is -1.96. The highest BCUT2D eigenvalue weighted by Gasteiger charge is 2.50. The van der Waals surface area contributed by atoms with E-state index in [1.54, 1.807) is 7.05 Å². The van der Waals surface area contributed by atoms with Crippen molar-refractivity contribution in [1.29, 1.82) is 0 Å². The number of benzene rings is 1. The maximum Gasteiger partial charge on any atom is 0.435 e. The number of anilines is 1. The molecular weight excluding hydrogens is 492 g/mol. The van der Waals surface area contributed by atoms with E-state index in [2.05, 4.69) is 15.7 Å². The van der Waals surface area contributed by atoms with E-state index in [0.29, 0.717) is 11.4 Å². The molecule has 0 unspecified atom stereocenters. The number of hydrogen-bond donors (Lipinski definition) is 2. The summed E-state index contributed by atoms with van der Waals surface area (Å²) in [7, 11) is 3.60. The molecule has 3 rings (SSSR count). The lowest BCUT2D eigenvalue weighted by atomic mass is 10.1. The summed E-state index contributed by atoms with van der Waals surface area (Å²) in [6.07, 6.45) is -9.46. The van der Waals surface area contributed by atoms with Gasteiger partial charge in [-0.3, -0.25) is 14.3 Å². The summed E-state index contributed by atoms with van der Waals surface area (Å²) in [6.45, 7) is 0.511. The lowest BCUT2D eigenvalue weighted by Crippen LogP contribution is -2.43. The first-order chi connectivity index (χ1) is 15.6. The van der Waals surface area contributed by atoms with Crippen LogP contribution < -0.4 is 15.5 Å². The van der Waals surface area contributed by atoms with Crippen molar-refractivity contribution in [2.45, 2.75) is 30.7 Å². The van der Waals surface area contributed by atoms with Gasteiger partial charge >= 0.3 is 12.4 Å². The van der Waals surface area contributed by atoms with E-state index in [1.807, 2.05) is 0 Å². The Morgan fingerprint density at radius 3 is 2.29 bits per heavy atom. The summed E-state index contributed by atoms with van der Waals surface area (Å²) < 4.78 is 80.4. The number of hydrogen-bond acceptors (Lipinski definition) is 4. The molecule has 1 aliphatic rings. The highest BCUT2D eigenvalue weighted by molar-refractivity contribution is 6.34. The third-order valence-electron chi connectivity index (χ3n) is 5.44. The Bertz CT molecular complexity index is 1120. The van der Waals surface area contributed by atoms with Crippen LogP contribution in [0.4, 0.5) is 32.0 Å². The number of aromatic nitrogens is 2. The van der Waals surface area contributed by atoms with Gasteiger partial charge < -0.3 is 15.5 Å². The number of carbonyl (C=O) groups is 2. The number of alkyl halides is 6. The average Bonchev–Trinajstić information content (AvgIpc) is 3.36.